The van der Waals surface area contributed by atoms with Crippen LogP contribution < -0.4 is 14.8 Å². The lowest BCUT2D eigenvalue weighted by atomic mass is 10.1. The van der Waals surface area contributed by atoms with Gasteiger partial charge in [-0.2, -0.15) is 4.31 Å². The number of nitrogens with one attached hydrogen (secondary N) is 1. The lowest BCUT2D eigenvalue weighted by molar-refractivity contribution is 0.102. The minimum atomic E-state index is -4.02. The molecule has 2 aliphatic heterocycles. The van der Waals surface area contributed by atoms with E-state index in [2.05, 4.69) is 10.3 Å². The summed E-state index contributed by atoms with van der Waals surface area (Å²) in [5, 5.41) is 4.77. The number of aromatic nitrogens is 1. The average Bonchev–Trinajstić information content (AvgIpc) is 3.48. The molecule has 1 saturated heterocycles. The fraction of sp³-hybridized carbons (Fsp3) is 0.273. The third kappa shape index (κ3) is 4.31. The Kier molecular flexibility index (Phi) is 5.77. The molecule has 3 aromatic rings. The van der Waals surface area contributed by atoms with Gasteiger partial charge in [0, 0.05) is 29.6 Å². The van der Waals surface area contributed by atoms with E-state index in [1.54, 1.807) is 17.5 Å². The summed E-state index contributed by atoms with van der Waals surface area (Å²) in [6.45, 7) is 0.865. The molecule has 1 amide bonds. The minimum Gasteiger partial charge on any atom is -0.454 e. The van der Waals surface area contributed by atoms with Crippen LogP contribution in [0.4, 0.5) is 9.52 Å². The van der Waals surface area contributed by atoms with Gasteiger partial charge in [0.15, 0.2) is 16.6 Å². The minimum absolute atomic E-state index is 0.0341. The van der Waals surface area contributed by atoms with Gasteiger partial charge in [-0.3, -0.25) is 10.1 Å². The van der Waals surface area contributed by atoms with Crippen LogP contribution in [0.2, 0.25) is 0 Å². The van der Waals surface area contributed by atoms with Gasteiger partial charge in [0.05, 0.1) is 5.69 Å². The van der Waals surface area contributed by atoms with Crippen LogP contribution in [0.5, 0.6) is 11.5 Å². The number of rotatable bonds is 5. The predicted octanol–water partition coefficient (Wildman–Crippen LogP) is 4.10. The van der Waals surface area contributed by atoms with E-state index in [-0.39, 0.29) is 12.4 Å². The fourth-order valence-electron chi connectivity index (χ4n) is 3.78. The topological polar surface area (TPSA) is 97.8 Å². The van der Waals surface area contributed by atoms with Crippen molar-refractivity contribution in [2.75, 3.05) is 25.2 Å². The van der Waals surface area contributed by atoms with Gasteiger partial charge in [-0.25, -0.2) is 17.8 Å². The Morgan fingerprint density at radius 2 is 1.85 bits per heavy atom. The summed E-state index contributed by atoms with van der Waals surface area (Å²) in [5.74, 6) is -0.165. The number of piperidine rings is 1. The molecule has 172 valence electrons. The number of ether oxygens (including phenoxy) is 2. The summed E-state index contributed by atoms with van der Waals surface area (Å²) in [7, 11) is -4.02. The van der Waals surface area contributed by atoms with Gasteiger partial charge in [0.25, 0.3) is 5.91 Å². The Morgan fingerprint density at radius 3 is 2.67 bits per heavy atom. The van der Waals surface area contributed by atoms with Crippen LogP contribution in [0.15, 0.2) is 46.7 Å². The second-order valence-corrected chi connectivity index (χ2v) is 10.4. The number of anilines is 1. The van der Waals surface area contributed by atoms with Crippen molar-refractivity contribution in [2.45, 2.75) is 24.2 Å². The summed E-state index contributed by atoms with van der Waals surface area (Å²) in [4.78, 5) is 16.7. The molecule has 11 heteroatoms. The highest BCUT2D eigenvalue weighted by atomic mass is 32.2. The van der Waals surface area contributed by atoms with Gasteiger partial charge in [0.1, 0.15) is 10.7 Å². The third-order valence-corrected chi connectivity index (χ3v) is 8.19. The monoisotopic (exact) mass is 489 g/mol. The smallest absolute Gasteiger partial charge is 0.257 e. The van der Waals surface area contributed by atoms with Crippen LogP contribution in [0.1, 0.15) is 29.6 Å². The molecule has 1 fully saturated rings. The van der Waals surface area contributed by atoms with Gasteiger partial charge < -0.3 is 9.47 Å². The lowest BCUT2D eigenvalue weighted by Gasteiger charge is -2.26. The van der Waals surface area contributed by atoms with E-state index in [4.69, 9.17) is 9.47 Å². The number of carbonyl (C=O) groups excluding carboxylic acids is 1. The van der Waals surface area contributed by atoms with Crippen LogP contribution in [-0.2, 0) is 10.0 Å². The maximum Gasteiger partial charge on any atom is 0.257 e. The van der Waals surface area contributed by atoms with Crippen molar-refractivity contribution in [1.29, 1.82) is 0 Å². The molecule has 0 atom stereocenters. The Bertz CT molecular complexity index is 1320. The predicted molar refractivity (Wildman–Crippen MR) is 121 cm³/mol. The van der Waals surface area contributed by atoms with Crippen molar-refractivity contribution in [1.82, 2.24) is 9.29 Å². The second kappa shape index (κ2) is 8.73. The molecule has 0 bridgehead atoms. The number of benzene rings is 2. The van der Waals surface area contributed by atoms with Crippen molar-refractivity contribution in [3.63, 3.8) is 0 Å². The number of hydrogen-bond acceptors (Lipinski definition) is 7. The Balaban J connectivity index is 1.35. The summed E-state index contributed by atoms with van der Waals surface area (Å²) < 4.78 is 52.2. The maximum absolute atomic E-state index is 14.4. The fourth-order valence-corrected chi connectivity index (χ4v) is 6.10. The number of amides is 1. The van der Waals surface area contributed by atoms with E-state index in [0.717, 1.165) is 37.0 Å². The SMILES string of the molecule is O=C(Nc1nc(-c2ccc3c(c2)OCO3)cs1)c1ccc(F)c(S(=O)(=O)N2CCCCC2)c1. The standard InChI is InChI=1S/C22H20FN3O5S2/c23-16-6-4-15(11-20(16)33(28,29)26-8-2-1-3-9-26)21(27)25-22-24-17(12-32-22)14-5-7-18-19(10-14)31-13-30-18/h4-7,10-12H,1-3,8-9,13H2,(H,24,25,27). The molecule has 2 aromatic carbocycles. The van der Waals surface area contributed by atoms with Crippen molar-refractivity contribution in [2.24, 2.45) is 0 Å². The first kappa shape index (κ1) is 21.8. The van der Waals surface area contributed by atoms with E-state index in [9.17, 15) is 17.6 Å². The summed E-state index contributed by atoms with van der Waals surface area (Å²) in [5.41, 5.74) is 1.47. The molecule has 3 heterocycles. The average molecular weight is 490 g/mol. The molecule has 0 unspecified atom stereocenters. The number of sulfonamides is 1. The van der Waals surface area contributed by atoms with Crippen molar-refractivity contribution < 1.29 is 27.1 Å². The molecule has 2 aliphatic rings. The molecule has 0 spiro atoms. The first-order chi connectivity index (χ1) is 15.9. The van der Waals surface area contributed by atoms with Crippen LogP contribution in [0.25, 0.3) is 11.3 Å². The Morgan fingerprint density at radius 1 is 1.06 bits per heavy atom. The zero-order valence-corrected chi connectivity index (χ0v) is 19.0. The molecule has 5 rings (SSSR count). The molecule has 0 aliphatic carbocycles. The van der Waals surface area contributed by atoms with E-state index < -0.39 is 26.6 Å². The Hall–Kier alpha value is -3.02. The quantitative estimate of drug-likeness (QED) is 0.579. The number of fused-ring (bicyclic) bond motifs is 1. The first-order valence-corrected chi connectivity index (χ1v) is 12.7. The second-order valence-electron chi connectivity index (χ2n) is 7.67. The normalized spacial score (nSPS) is 16.0. The van der Waals surface area contributed by atoms with Crippen molar-refractivity contribution in [3.05, 3.63) is 53.2 Å². The van der Waals surface area contributed by atoms with E-state index in [1.807, 2.05) is 6.07 Å². The number of carbonyl (C=O) groups is 1. The largest absolute Gasteiger partial charge is 0.454 e. The molecule has 1 aromatic heterocycles. The zero-order chi connectivity index (χ0) is 23.0. The van der Waals surface area contributed by atoms with E-state index >= 15 is 0 Å². The molecule has 0 saturated carbocycles. The highest BCUT2D eigenvalue weighted by molar-refractivity contribution is 7.89. The number of halogens is 1. The highest BCUT2D eigenvalue weighted by Crippen LogP contribution is 2.36. The van der Waals surface area contributed by atoms with Crippen LogP contribution in [0, 0.1) is 5.82 Å². The number of thiazole rings is 1. The molecule has 33 heavy (non-hydrogen) atoms. The van der Waals surface area contributed by atoms with Gasteiger partial charge >= 0.3 is 0 Å². The molecular weight excluding hydrogens is 469 g/mol. The van der Waals surface area contributed by atoms with Gasteiger partial charge in [-0.15, -0.1) is 11.3 Å². The van der Waals surface area contributed by atoms with Gasteiger partial charge in [-0.1, -0.05) is 6.42 Å². The van der Waals surface area contributed by atoms with Crippen LogP contribution in [-0.4, -0.2) is 43.5 Å². The van der Waals surface area contributed by atoms with E-state index in [1.165, 1.54) is 21.7 Å². The lowest BCUT2D eigenvalue weighted by Crippen LogP contribution is -2.36. The molecular formula is C22H20FN3O5S2. The van der Waals surface area contributed by atoms with Gasteiger partial charge in [-0.05, 0) is 49.2 Å². The molecule has 0 radical (unpaired) electrons. The summed E-state index contributed by atoms with van der Waals surface area (Å²) in [6.07, 6.45) is 2.41. The van der Waals surface area contributed by atoms with E-state index in [0.29, 0.717) is 35.4 Å². The maximum atomic E-state index is 14.4. The summed E-state index contributed by atoms with van der Waals surface area (Å²) in [6, 6.07) is 8.78. The molecule has 1 N–H and O–H groups in total. The van der Waals surface area contributed by atoms with Crippen molar-refractivity contribution >= 4 is 32.4 Å². The third-order valence-electron chi connectivity index (χ3n) is 5.52. The number of hydrogen-bond donors (Lipinski definition) is 1. The molecule has 8 nitrogen and oxygen atoms in total. The van der Waals surface area contributed by atoms with Crippen LogP contribution in [0.3, 0.4) is 0 Å². The van der Waals surface area contributed by atoms with Crippen LogP contribution >= 0.6 is 11.3 Å². The highest BCUT2D eigenvalue weighted by Gasteiger charge is 2.29. The van der Waals surface area contributed by atoms with Crippen molar-refractivity contribution in [3.8, 4) is 22.8 Å². The van der Waals surface area contributed by atoms with Gasteiger partial charge in [0.2, 0.25) is 16.8 Å². The summed E-state index contributed by atoms with van der Waals surface area (Å²) >= 11 is 1.22. The number of nitrogens with zero attached hydrogens (tertiary/aromatic N) is 2. The Labute approximate surface area is 194 Å². The zero-order valence-electron chi connectivity index (χ0n) is 17.4. The first-order valence-electron chi connectivity index (χ1n) is 10.4.